The van der Waals surface area contributed by atoms with Gasteiger partial charge in [-0.15, -0.1) is 0 Å². The van der Waals surface area contributed by atoms with E-state index in [0.29, 0.717) is 0 Å². The average Bonchev–Trinajstić information content (AvgIpc) is 3.56. The first-order chi connectivity index (χ1) is 14.8. The highest BCUT2D eigenvalue weighted by Gasteiger charge is 2.38. The third kappa shape index (κ3) is 4.98. The van der Waals surface area contributed by atoms with Crippen LogP contribution in [0.15, 0.2) is 54.6 Å². The highest BCUT2D eigenvalue weighted by atomic mass is 16.5. The average molecular weight is 406 g/mol. The maximum atomic E-state index is 5.99. The fourth-order valence-electron chi connectivity index (χ4n) is 5.14. The highest BCUT2D eigenvalue weighted by molar-refractivity contribution is 5.49. The second kappa shape index (κ2) is 9.40. The molecule has 0 radical (unpaired) electrons. The van der Waals surface area contributed by atoms with Crippen molar-refractivity contribution in [3.05, 3.63) is 60.2 Å². The molecule has 1 N–H and O–H groups in total. The number of nitrogens with zero attached hydrogens (tertiary/aromatic N) is 2. The van der Waals surface area contributed by atoms with E-state index < -0.39 is 0 Å². The highest BCUT2D eigenvalue weighted by Crippen LogP contribution is 2.50. The van der Waals surface area contributed by atoms with E-state index in [4.69, 9.17) is 4.74 Å². The molecule has 160 valence electrons. The van der Waals surface area contributed by atoms with Crippen molar-refractivity contribution in [2.75, 3.05) is 57.3 Å². The van der Waals surface area contributed by atoms with Gasteiger partial charge in [-0.25, -0.2) is 0 Å². The third-order valence-electron chi connectivity index (χ3n) is 7.12. The van der Waals surface area contributed by atoms with E-state index in [1.807, 2.05) is 0 Å². The van der Waals surface area contributed by atoms with Gasteiger partial charge < -0.3 is 15.0 Å². The van der Waals surface area contributed by atoms with Crippen molar-refractivity contribution in [2.24, 2.45) is 11.8 Å². The molecule has 3 aliphatic rings. The first-order valence-corrected chi connectivity index (χ1v) is 11.8. The van der Waals surface area contributed by atoms with E-state index in [9.17, 15) is 0 Å². The van der Waals surface area contributed by atoms with E-state index >= 15 is 0 Å². The molecule has 0 spiro atoms. The molecular formula is C26H35N3O. The van der Waals surface area contributed by atoms with Gasteiger partial charge >= 0.3 is 0 Å². The number of hydrogen-bond donors (Lipinski definition) is 1. The van der Waals surface area contributed by atoms with Crippen LogP contribution in [-0.2, 0) is 0 Å². The predicted molar refractivity (Wildman–Crippen MR) is 123 cm³/mol. The summed E-state index contributed by atoms with van der Waals surface area (Å²) >= 11 is 0. The Balaban J connectivity index is 0.946. The number of likely N-dealkylation sites (tertiary alicyclic amines) is 1. The minimum Gasteiger partial charge on any atom is -0.492 e. The number of benzene rings is 2. The van der Waals surface area contributed by atoms with Crippen LogP contribution in [-0.4, -0.2) is 57.3 Å². The number of hydrogen-bond acceptors (Lipinski definition) is 4. The van der Waals surface area contributed by atoms with E-state index in [-0.39, 0.29) is 0 Å². The fraction of sp³-hybridized carbons (Fsp3) is 0.538. The second-order valence-electron chi connectivity index (χ2n) is 9.30. The van der Waals surface area contributed by atoms with Gasteiger partial charge in [0.1, 0.15) is 12.4 Å². The normalized spacial score (nSPS) is 24.5. The SMILES string of the molecule is c1ccc([C@@H]2C[C@H]2CCC2CN(CCOc3ccc(N4CCNCC4)cc3)C2)cc1. The van der Waals surface area contributed by atoms with Gasteiger partial charge in [-0.2, -0.15) is 0 Å². The Morgan fingerprint density at radius 3 is 2.43 bits per heavy atom. The molecule has 5 rings (SSSR count). The van der Waals surface area contributed by atoms with Gasteiger partial charge in [0.05, 0.1) is 0 Å². The minimum atomic E-state index is 0.790. The van der Waals surface area contributed by atoms with E-state index in [2.05, 4.69) is 69.7 Å². The van der Waals surface area contributed by atoms with Gasteiger partial charge in [-0.3, -0.25) is 4.90 Å². The van der Waals surface area contributed by atoms with Crippen LogP contribution in [0.3, 0.4) is 0 Å². The summed E-state index contributed by atoms with van der Waals surface area (Å²) in [6, 6.07) is 19.7. The maximum absolute atomic E-state index is 5.99. The van der Waals surface area contributed by atoms with Crippen LogP contribution >= 0.6 is 0 Å². The summed E-state index contributed by atoms with van der Waals surface area (Å²) < 4.78 is 5.99. The van der Waals surface area contributed by atoms with Gasteiger partial charge in [0.25, 0.3) is 0 Å². The molecule has 1 aliphatic carbocycles. The lowest BCUT2D eigenvalue weighted by Crippen LogP contribution is -2.48. The van der Waals surface area contributed by atoms with Crippen LogP contribution in [0.4, 0.5) is 5.69 Å². The Morgan fingerprint density at radius 1 is 0.900 bits per heavy atom. The standard InChI is InChI=1S/C26H35N3O/c1-2-4-22(5-3-1)26-18-23(26)7-6-21-19-28(20-21)16-17-30-25-10-8-24(9-11-25)29-14-12-27-13-15-29/h1-5,8-11,21,23,26-27H,6-7,12-20H2/t23-,26+/m1/s1. The molecule has 4 nitrogen and oxygen atoms in total. The lowest BCUT2D eigenvalue weighted by Gasteiger charge is -2.39. The number of ether oxygens (including phenoxy) is 1. The quantitative estimate of drug-likeness (QED) is 0.683. The Hall–Kier alpha value is -2.04. The Labute approximate surface area is 181 Å². The summed E-state index contributed by atoms with van der Waals surface area (Å²) in [6.07, 6.45) is 4.22. The smallest absolute Gasteiger partial charge is 0.119 e. The number of nitrogens with one attached hydrogen (secondary N) is 1. The fourth-order valence-corrected chi connectivity index (χ4v) is 5.14. The molecule has 2 heterocycles. The molecule has 2 atom stereocenters. The van der Waals surface area contributed by atoms with Crippen molar-refractivity contribution in [2.45, 2.75) is 25.2 Å². The molecule has 0 aromatic heterocycles. The maximum Gasteiger partial charge on any atom is 0.119 e. The van der Waals surface area contributed by atoms with Crippen LogP contribution in [0.5, 0.6) is 5.75 Å². The van der Waals surface area contributed by atoms with Gasteiger partial charge in [0, 0.05) is 51.5 Å². The molecule has 0 bridgehead atoms. The van der Waals surface area contributed by atoms with Crippen LogP contribution in [0.25, 0.3) is 0 Å². The number of piperazine rings is 1. The molecule has 2 aromatic carbocycles. The zero-order chi connectivity index (χ0) is 20.2. The zero-order valence-electron chi connectivity index (χ0n) is 18.0. The van der Waals surface area contributed by atoms with Crippen LogP contribution in [0, 0.1) is 11.8 Å². The van der Waals surface area contributed by atoms with Gasteiger partial charge in [0.2, 0.25) is 0 Å². The third-order valence-corrected chi connectivity index (χ3v) is 7.12. The number of anilines is 1. The molecule has 2 aliphatic heterocycles. The number of rotatable bonds is 9. The first-order valence-electron chi connectivity index (χ1n) is 11.8. The Morgan fingerprint density at radius 2 is 1.67 bits per heavy atom. The van der Waals surface area contributed by atoms with Crippen molar-refractivity contribution in [1.82, 2.24) is 10.2 Å². The molecule has 2 saturated heterocycles. The molecule has 1 saturated carbocycles. The second-order valence-corrected chi connectivity index (χ2v) is 9.30. The van der Waals surface area contributed by atoms with E-state index in [0.717, 1.165) is 62.8 Å². The Bertz CT molecular complexity index is 782. The lowest BCUT2D eigenvalue weighted by atomic mass is 9.93. The minimum absolute atomic E-state index is 0.790. The summed E-state index contributed by atoms with van der Waals surface area (Å²) in [6.45, 7) is 8.67. The first kappa shape index (κ1) is 19.9. The van der Waals surface area contributed by atoms with Crippen molar-refractivity contribution in [3.63, 3.8) is 0 Å². The Kier molecular flexibility index (Phi) is 6.24. The molecule has 0 unspecified atom stereocenters. The summed E-state index contributed by atoms with van der Waals surface area (Å²) in [4.78, 5) is 4.98. The lowest BCUT2D eigenvalue weighted by molar-refractivity contribution is 0.0754. The monoisotopic (exact) mass is 405 g/mol. The summed E-state index contributed by atoms with van der Waals surface area (Å²) in [5.74, 6) is 3.68. The van der Waals surface area contributed by atoms with Gasteiger partial charge in [-0.05, 0) is 66.8 Å². The molecular weight excluding hydrogens is 370 g/mol. The van der Waals surface area contributed by atoms with Gasteiger partial charge in [-0.1, -0.05) is 30.3 Å². The summed E-state index contributed by atoms with van der Waals surface area (Å²) in [5, 5.41) is 3.40. The zero-order valence-corrected chi connectivity index (χ0v) is 18.0. The van der Waals surface area contributed by atoms with Crippen LogP contribution in [0.2, 0.25) is 0 Å². The van der Waals surface area contributed by atoms with Crippen molar-refractivity contribution >= 4 is 5.69 Å². The van der Waals surface area contributed by atoms with Crippen LogP contribution < -0.4 is 15.0 Å². The summed E-state index contributed by atoms with van der Waals surface area (Å²) in [5.41, 5.74) is 2.86. The molecule has 4 heteroatoms. The van der Waals surface area contributed by atoms with Gasteiger partial charge in [0.15, 0.2) is 0 Å². The van der Waals surface area contributed by atoms with Crippen LogP contribution in [0.1, 0.15) is 30.7 Å². The molecule has 2 aromatic rings. The summed E-state index contributed by atoms with van der Waals surface area (Å²) in [7, 11) is 0. The topological polar surface area (TPSA) is 27.7 Å². The van der Waals surface area contributed by atoms with Crippen molar-refractivity contribution in [1.29, 1.82) is 0 Å². The van der Waals surface area contributed by atoms with E-state index in [1.54, 1.807) is 5.56 Å². The molecule has 0 amide bonds. The molecule has 30 heavy (non-hydrogen) atoms. The van der Waals surface area contributed by atoms with Crippen molar-refractivity contribution in [3.8, 4) is 5.75 Å². The molecule has 3 fully saturated rings. The van der Waals surface area contributed by atoms with Crippen molar-refractivity contribution < 1.29 is 4.74 Å². The predicted octanol–water partition coefficient (Wildman–Crippen LogP) is 3.99. The largest absolute Gasteiger partial charge is 0.492 e. The van der Waals surface area contributed by atoms with E-state index in [1.165, 1.54) is 38.0 Å².